The van der Waals surface area contributed by atoms with Gasteiger partial charge in [-0.05, 0) is 12.5 Å². The van der Waals surface area contributed by atoms with Crippen LogP contribution in [0.2, 0.25) is 0 Å². The average molecular weight is 203 g/mol. The Morgan fingerprint density at radius 3 is 2.57 bits per heavy atom. The second-order valence-corrected chi connectivity index (χ2v) is 3.24. The molecule has 0 aliphatic heterocycles. The fourth-order valence-corrected chi connectivity index (χ4v) is 1.18. The lowest BCUT2D eigenvalue weighted by molar-refractivity contribution is -0.0651. The van der Waals surface area contributed by atoms with E-state index >= 15 is 0 Å². The van der Waals surface area contributed by atoms with Crippen LogP contribution in [-0.2, 0) is 0 Å². The Bertz CT molecular complexity index is 312. The third kappa shape index (κ3) is 2.26. The van der Waals surface area contributed by atoms with Gasteiger partial charge in [0.15, 0.2) is 6.17 Å². The number of benzene rings is 1. The SMILES string of the molecule is Cc1cccc(C(F)C(F)(F)CN)c1. The van der Waals surface area contributed by atoms with E-state index in [4.69, 9.17) is 5.73 Å². The average Bonchev–Trinajstić information content (AvgIpc) is 2.16. The zero-order valence-electron chi connectivity index (χ0n) is 7.81. The van der Waals surface area contributed by atoms with Gasteiger partial charge in [0.1, 0.15) is 0 Å². The molecule has 0 saturated heterocycles. The molecule has 78 valence electrons. The first-order valence-electron chi connectivity index (χ1n) is 4.26. The van der Waals surface area contributed by atoms with Gasteiger partial charge in [-0.1, -0.05) is 29.8 Å². The summed E-state index contributed by atoms with van der Waals surface area (Å²) in [7, 11) is 0. The van der Waals surface area contributed by atoms with E-state index in [0.717, 1.165) is 5.56 Å². The molecule has 0 fully saturated rings. The van der Waals surface area contributed by atoms with Crippen molar-refractivity contribution in [2.45, 2.75) is 19.0 Å². The molecule has 0 aliphatic carbocycles. The van der Waals surface area contributed by atoms with E-state index < -0.39 is 18.6 Å². The van der Waals surface area contributed by atoms with E-state index in [1.807, 2.05) is 0 Å². The van der Waals surface area contributed by atoms with Gasteiger partial charge in [0.25, 0.3) is 5.92 Å². The molecule has 2 N–H and O–H groups in total. The first-order chi connectivity index (χ1) is 6.47. The predicted molar refractivity (Wildman–Crippen MR) is 49.0 cm³/mol. The Kier molecular flexibility index (Phi) is 3.16. The minimum atomic E-state index is -3.49. The Morgan fingerprint density at radius 1 is 1.43 bits per heavy atom. The first-order valence-corrected chi connectivity index (χ1v) is 4.26. The Morgan fingerprint density at radius 2 is 2.07 bits per heavy atom. The van der Waals surface area contributed by atoms with Crippen LogP contribution in [0.3, 0.4) is 0 Å². The molecule has 0 radical (unpaired) electrons. The fraction of sp³-hybridized carbons (Fsp3) is 0.400. The highest BCUT2D eigenvalue weighted by atomic mass is 19.3. The molecule has 1 aromatic carbocycles. The maximum atomic E-state index is 13.3. The van der Waals surface area contributed by atoms with Crippen molar-refractivity contribution >= 4 is 0 Å². The second-order valence-electron chi connectivity index (χ2n) is 3.24. The van der Waals surface area contributed by atoms with Crippen molar-refractivity contribution in [1.82, 2.24) is 0 Å². The number of hydrogen-bond donors (Lipinski definition) is 1. The maximum Gasteiger partial charge on any atom is 0.294 e. The Balaban J connectivity index is 2.94. The molecule has 1 unspecified atom stereocenters. The van der Waals surface area contributed by atoms with E-state index in [2.05, 4.69) is 0 Å². The van der Waals surface area contributed by atoms with Crippen LogP contribution in [0.25, 0.3) is 0 Å². The topological polar surface area (TPSA) is 26.0 Å². The molecule has 0 spiro atoms. The summed E-state index contributed by atoms with van der Waals surface area (Å²) in [6, 6.07) is 6.00. The van der Waals surface area contributed by atoms with Gasteiger partial charge >= 0.3 is 0 Å². The highest BCUT2D eigenvalue weighted by Gasteiger charge is 2.39. The van der Waals surface area contributed by atoms with Crippen molar-refractivity contribution in [3.63, 3.8) is 0 Å². The first kappa shape index (κ1) is 11.0. The smallest absolute Gasteiger partial charge is 0.294 e. The molecule has 0 saturated carbocycles. The van der Waals surface area contributed by atoms with Crippen molar-refractivity contribution < 1.29 is 13.2 Å². The predicted octanol–water partition coefficient (Wildman–Crippen LogP) is 2.60. The summed E-state index contributed by atoms with van der Waals surface area (Å²) in [5, 5.41) is 0. The van der Waals surface area contributed by atoms with Crippen LogP contribution in [0.4, 0.5) is 13.2 Å². The van der Waals surface area contributed by atoms with Crippen LogP contribution in [-0.4, -0.2) is 12.5 Å². The number of nitrogens with two attached hydrogens (primary N) is 1. The molecular formula is C10H12F3N. The molecule has 14 heavy (non-hydrogen) atoms. The van der Waals surface area contributed by atoms with Crippen LogP contribution in [0.1, 0.15) is 17.3 Å². The van der Waals surface area contributed by atoms with Crippen LogP contribution in [0.5, 0.6) is 0 Å². The van der Waals surface area contributed by atoms with Gasteiger partial charge in [0.05, 0.1) is 6.54 Å². The number of hydrogen-bond acceptors (Lipinski definition) is 1. The molecule has 0 aromatic heterocycles. The van der Waals surface area contributed by atoms with Crippen molar-refractivity contribution in [2.75, 3.05) is 6.54 Å². The lowest BCUT2D eigenvalue weighted by Gasteiger charge is -2.19. The quantitative estimate of drug-likeness (QED) is 0.802. The largest absolute Gasteiger partial charge is 0.325 e. The summed E-state index contributed by atoms with van der Waals surface area (Å²) in [5.41, 5.74) is 5.51. The van der Waals surface area contributed by atoms with E-state index in [-0.39, 0.29) is 5.56 Å². The minimum Gasteiger partial charge on any atom is -0.325 e. The summed E-state index contributed by atoms with van der Waals surface area (Å²) < 4.78 is 39.0. The molecule has 0 aliphatic rings. The van der Waals surface area contributed by atoms with Gasteiger partial charge in [-0.3, -0.25) is 0 Å². The number of aryl methyl sites for hydroxylation is 1. The lowest BCUT2D eigenvalue weighted by Crippen LogP contribution is -2.32. The molecule has 4 heteroatoms. The van der Waals surface area contributed by atoms with E-state index in [1.54, 1.807) is 19.1 Å². The summed E-state index contributed by atoms with van der Waals surface area (Å²) in [6.45, 7) is 0.735. The second kappa shape index (κ2) is 4.00. The number of halogens is 3. The summed E-state index contributed by atoms with van der Waals surface area (Å²) >= 11 is 0. The Labute approximate surface area is 80.7 Å². The number of alkyl halides is 3. The monoisotopic (exact) mass is 203 g/mol. The molecule has 0 heterocycles. The molecule has 0 bridgehead atoms. The Hall–Kier alpha value is -1.03. The van der Waals surface area contributed by atoms with Crippen LogP contribution in [0.15, 0.2) is 24.3 Å². The summed E-state index contributed by atoms with van der Waals surface area (Å²) in [5.74, 6) is -3.49. The minimum absolute atomic E-state index is 0.0274. The van der Waals surface area contributed by atoms with Gasteiger partial charge in [-0.2, -0.15) is 0 Å². The third-order valence-electron chi connectivity index (χ3n) is 1.98. The fourth-order valence-electron chi connectivity index (χ4n) is 1.18. The van der Waals surface area contributed by atoms with E-state index in [9.17, 15) is 13.2 Å². The van der Waals surface area contributed by atoms with Crippen LogP contribution >= 0.6 is 0 Å². The van der Waals surface area contributed by atoms with Crippen LogP contribution in [0, 0.1) is 6.92 Å². The molecule has 0 amide bonds. The summed E-state index contributed by atoms with van der Waals surface area (Å²) in [6.07, 6.45) is -2.33. The molecule has 1 aromatic rings. The highest BCUT2D eigenvalue weighted by Crippen LogP contribution is 2.33. The summed E-state index contributed by atoms with van der Waals surface area (Å²) in [4.78, 5) is 0. The van der Waals surface area contributed by atoms with E-state index in [0.29, 0.717) is 0 Å². The van der Waals surface area contributed by atoms with Crippen LogP contribution < -0.4 is 5.73 Å². The van der Waals surface area contributed by atoms with E-state index in [1.165, 1.54) is 12.1 Å². The zero-order valence-corrected chi connectivity index (χ0v) is 7.81. The van der Waals surface area contributed by atoms with Crippen molar-refractivity contribution in [2.24, 2.45) is 5.73 Å². The highest BCUT2D eigenvalue weighted by molar-refractivity contribution is 5.25. The van der Waals surface area contributed by atoms with Crippen molar-refractivity contribution in [3.05, 3.63) is 35.4 Å². The van der Waals surface area contributed by atoms with Crippen molar-refractivity contribution in [3.8, 4) is 0 Å². The van der Waals surface area contributed by atoms with Gasteiger partial charge in [-0.25, -0.2) is 13.2 Å². The third-order valence-corrected chi connectivity index (χ3v) is 1.98. The maximum absolute atomic E-state index is 13.3. The van der Waals surface area contributed by atoms with Gasteiger partial charge in [-0.15, -0.1) is 0 Å². The van der Waals surface area contributed by atoms with Gasteiger partial charge in [0.2, 0.25) is 0 Å². The van der Waals surface area contributed by atoms with Crippen molar-refractivity contribution in [1.29, 1.82) is 0 Å². The lowest BCUT2D eigenvalue weighted by atomic mass is 10.0. The molecule has 1 nitrogen and oxygen atoms in total. The zero-order chi connectivity index (χ0) is 10.8. The molecular weight excluding hydrogens is 191 g/mol. The van der Waals surface area contributed by atoms with Gasteiger partial charge in [0, 0.05) is 0 Å². The normalized spacial score (nSPS) is 14.1. The standard InChI is InChI=1S/C10H12F3N/c1-7-3-2-4-8(5-7)9(11)10(12,13)6-14/h2-5,9H,6,14H2,1H3. The molecule has 1 rings (SSSR count). The van der Waals surface area contributed by atoms with Gasteiger partial charge < -0.3 is 5.73 Å². The number of rotatable bonds is 3. The molecule has 1 atom stereocenters.